The van der Waals surface area contributed by atoms with Gasteiger partial charge in [0.2, 0.25) is 5.91 Å². The van der Waals surface area contributed by atoms with Gasteiger partial charge in [-0.2, -0.15) is 0 Å². The number of carboxylic acids is 1. The third kappa shape index (κ3) is 5.73. The van der Waals surface area contributed by atoms with Crippen LogP contribution in [0.2, 0.25) is 0 Å². The number of carboxylic acid groups (broad SMARTS) is 1. The van der Waals surface area contributed by atoms with Crippen molar-refractivity contribution in [3.8, 4) is 0 Å². The highest BCUT2D eigenvalue weighted by atomic mass is 16.7. The van der Waals surface area contributed by atoms with E-state index in [1.165, 1.54) is 21.0 Å². The van der Waals surface area contributed by atoms with E-state index >= 15 is 0 Å². The molecule has 0 saturated carbocycles. The third-order valence-corrected chi connectivity index (χ3v) is 4.42. The number of nitrogens with one attached hydrogen (secondary N) is 1. The summed E-state index contributed by atoms with van der Waals surface area (Å²) < 4.78 is 22.7. The van der Waals surface area contributed by atoms with Crippen molar-refractivity contribution >= 4 is 11.9 Å². The van der Waals surface area contributed by atoms with Gasteiger partial charge in [-0.1, -0.05) is 30.3 Å². The molecule has 9 nitrogen and oxygen atoms in total. The molecule has 3 N–H and O–H groups in total. The van der Waals surface area contributed by atoms with Gasteiger partial charge < -0.3 is 34.5 Å². The Morgan fingerprint density at radius 2 is 1.93 bits per heavy atom. The average molecular weight is 397 g/mol. The van der Waals surface area contributed by atoms with Gasteiger partial charge in [0.25, 0.3) is 0 Å². The molecule has 0 aliphatic carbocycles. The number of aliphatic hydroxyl groups is 1. The summed E-state index contributed by atoms with van der Waals surface area (Å²) in [5.41, 5.74) is 0.883. The number of rotatable bonds is 9. The number of aliphatic hydroxyl groups excluding tert-OH is 1. The van der Waals surface area contributed by atoms with E-state index in [9.17, 15) is 19.8 Å². The van der Waals surface area contributed by atoms with Crippen molar-refractivity contribution in [3.63, 3.8) is 0 Å². The molecule has 2 rings (SSSR count). The molecule has 0 radical (unpaired) electrons. The lowest BCUT2D eigenvalue weighted by molar-refractivity contribution is -0.284. The Bertz CT molecular complexity index is 640. The van der Waals surface area contributed by atoms with Crippen LogP contribution in [0.3, 0.4) is 0 Å². The van der Waals surface area contributed by atoms with Gasteiger partial charge in [-0.15, -0.1) is 0 Å². The molecule has 1 aromatic rings. The summed E-state index contributed by atoms with van der Waals surface area (Å²) in [5, 5.41) is 21.7. The summed E-state index contributed by atoms with van der Waals surface area (Å²) in [6.45, 7) is 2.50. The standard InChI is InChI=1S/C19H27NO8/c1-11(18(23)24)27-17-15(20-12(2)22)19(25-3)28-14(9-21)16(17)26-10-13-7-5-4-6-8-13/h4-8,11,14-17,19,21H,9-10H2,1-3H3,(H,20,22)(H,23,24)/t11-,14-,15-,16-,17-,19-/m1/s1. The van der Waals surface area contributed by atoms with Crippen molar-refractivity contribution in [2.75, 3.05) is 13.7 Å². The lowest BCUT2D eigenvalue weighted by atomic mass is 9.95. The predicted molar refractivity (Wildman–Crippen MR) is 97.4 cm³/mol. The SMILES string of the molecule is CO[C@@H]1O[C@H](CO)[C@@H](OCc2ccccc2)[C@H](O[C@H](C)C(=O)O)[C@H]1NC(C)=O. The number of ether oxygens (including phenoxy) is 4. The monoisotopic (exact) mass is 397 g/mol. The lowest BCUT2D eigenvalue weighted by Gasteiger charge is -2.45. The van der Waals surface area contributed by atoms with Gasteiger partial charge in [0.1, 0.15) is 24.4 Å². The van der Waals surface area contributed by atoms with Crippen molar-refractivity contribution in [2.24, 2.45) is 0 Å². The molecule has 9 heteroatoms. The number of methoxy groups -OCH3 is 1. The van der Waals surface area contributed by atoms with Crippen molar-refractivity contribution in [1.29, 1.82) is 0 Å². The summed E-state index contributed by atoms with van der Waals surface area (Å²) in [4.78, 5) is 23.0. The van der Waals surface area contributed by atoms with E-state index in [2.05, 4.69) is 5.32 Å². The van der Waals surface area contributed by atoms with Crippen LogP contribution in [0.1, 0.15) is 19.4 Å². The number of carbonyl (C=O) groups is 2. The summed E-state index contributed by atoms with van der Waals surface area (Å²) in [6, 6.07) is 8.52. The summed E-state index contributed by atoms with van der Waals surface area (Å²) in [5.74, 6) is -1.53. The topological polar surface area (TPSA) is 124 Å². The molecule has 1 fully saturated rings. The first-order valence-electron chi connectivity index (χ1n) is 8.97. The minimum atomic E-state index is -1.17. The van der Waals surface area contributed by atoms with Gasteiger partial charge in [0, 0.05) is 14.0 Å². The molecule has 1 aliphatic heterocycles. The normalized spacial score (nSPS) is 28.5. The van der Waals surface area contributed by atoms with Crippen molar-refractivity contribution < 1.29 is 38.7 Å². The van der Waals surface area contributed by atoms with Gasteiger partial charge in [-0.25, -0.2) is 4.79 Å². The van der Waals surface area contributed by atoms with Gasteiger partial charge in [0.15, 0.2) is 12.4 Å². The maximum absolute atomic E-state index is 11.7. The van der Waals surface area contributed by atoms with Gasteiger partial charge in [-0.05, 0) is 12.5 Å². The van der Waals surface area contributed by atoms with Gasteiger partial charge >= 0.3 is 5.97 Å². The quantitative estimate of drug-likeness (QED) is 0.544. The molecule has 1 saturated heterocycles. The van der Waals surface area contributed by atoms with Crippen LogP contribution in [0, 0.1) is 0 Å². The summed E-state index contributed by atoms with van der Waals surface area (Å²) in [7, 11) is 1.39. The zero-order chi connectivity index (χ0) is 20.7. The van der Waals surface area contributed by atoms with E-state index in [1.54, 1.807) is 0 Å². The van der Waals surface area contributed by atoms with Crippen LogP contribution in [0.25, 0.3) is 0 Å². The molecule has 0 bridgehead atoms. The molecule has 6 atom stereocenters. The molecule has 0 aromatic heterocycles. The number of aliphatic carboxylic acids is 1. The number of amides is 1. The minimum Gasteiger partial charge on any atom is -0.479 e. The van der Waals surface area contributed by atoms with Crippen LogP contribution in [0.5, 0.6) is 0 Å². The minimum absolute atomic E-state index is 0.192. The second-order valence-electron chi connectivity index (χ2n) is 6.53. The number of hydrogen-bond acceptors (Lipinski definition) is 7. The Morgan fingerprint density at radius 3 is 2.46 bits per heavy atom. The van der Waals surface area contributed by atoms with E-state index in [4.69, 9.17) is 18.9 Å². The molecular formula is C19H27NO8. The first kappa shape index (κ1) is 22.3. The zero-order valence-corrected chi connectivity index (χ0v) is 16.1. The Morgan fingerprint density at radius 1 is 1.25 bits per heavy atom. The zero-order valence-electron chi connectivity index (χ0n) is 16.1. The number of benzene rings is 1. The maximum Gasteiger partial charge on any atom is 0.332 e. The highest BCUT2D eigenvalue weighted by molar-refractivity contribution is 5.73. The molecule has 0 unspecified atom stereocenters. The number of carbonyl (C=O) groups excluding carboxylic acids is 1. The van der Waals surface area contributed by atoms with Crippen LogP contribution in [-0.4, -0.2) is 72.6 Å². The maximum atomic E-state index is 11.7. The van der Waals surface area contributed by atoms with E-state index in [0.29, 0.717) is 0 Å². The van der Waals surface area contributed by atoms with E-state index < -0.39 is 49.3 Å². The summed E-state index contributed by atoms with van der Waals surface area (Å²) >= 11 is 0. The van der Waals surface area contributed by atoms with Gasteiger partial charge in [0.05, 0.1) is 13.2 Å². The van der Waals surface area contributed by atoms with Crippen LogP contribution in [-0.2, 0) is 35.1 Å². The molecule has 1 heterocycles. The summed E-state index contributed by atoms with van der Waals surface area (Å²) in [6.07, 6.45) is -4.70. The van der Waals surface area contributed by atoms with E-state index in [-0.39, 0.29) is 12.5 Å². The van der Waals surface area contributed by atoms with Crippen LogP contribution in [0.15, 0.2) is 30.3 Å². The Labute approximate surface area is 163 Å². The Hall–Kier alpha value is -2.04. The Balaban J connectivity index is 2.29. The first-order chi connectivity index (χ1) is 13.4. The lowest BCUT2D eigenvalue weighted by Crippen LogP contribution is -2.66. The molecular weight excluding hydrogens is 370 g/mol. The van der Waals surface area contributed by atoms with Crippen molar-refractivity contribution in [1.82, 2.24) is 5.32 Å². The Kier molecular flexibility index (Phi) is 8.34. The fourth-order valence-corrected chi connectivity index (χ4v) is 3.06. The smallest absolute Gasteiger partial charge is 0.332 e. The average Bonchev–Trinajstić information content (AvgIpc) is 2.68. The van der Waals surface area contributed by atoms with Gasteiger partial charge in [-0.3, -0.25) is 4.79 Å². The molecule has 28 heavy (non-hydrogen) atoms. The van der Waals surface area contributed by atoms with Crippen LogP contribution < -0.4 is 5.32 Å². The molecule has 1 aliphatic rings. The molecule has 0 spiro atoms. The van der Waals surface area contributed by atoms with Crippen LogP contribution in [0.4, 0.5) is 0 Å². The largest absolute Gasteiger partial charge is 0.479 e. The fourth-order valence-electron chi connectivity index (χ4n) is 3.06. The molecule has 1 amide bonds. The highest BCUT2D eigenvalue weighted by Gasteiger charge is 2.49. The van der Waals surface area contributed by atoms with Crippen molar-refractivity contribution in [3.05, 3.63) is 35.9 Å². The fraction of sp³-hybridized carbons (Fsp3) is 0.579. The second-order valence-corrected chi connectivity index (χ2v) is 6.53. The molecule has 156 valence electrons. The molecule has 1 aromatic carbocycles. The number of hydrogen-bond donors (Lipinski definition) is 3. The highest BCUT2D eigenvalue weighted by Crippen LogP contribution is 2.28. The van der Waals surface area contributed by atoms with E-state index in [0.717, 1.165) is 5.56 Å². The second kappa shape index (κ2) is 10.5. The van der Waals surface area contributed by atoms with Crippen molar-refractivity contribution in [2.45, 2.75) is 57.2 Å². The first-order valence-corrected chi connectivity index (χ1v) is 8.97. The third-order valence-electron chi connectivity index (χ3n) is 4.42. The predicted octanol–water partition coefficient (Wildman–Crippen LogP) is 0.298. The van der Waals surface area contributed by atoms with Crippen LogP contribution >= 0.6 is 0 Å². The van der Waals surface area contributed by atoms with E-state index in [1.807, 2.05) is 30.3 Å².